The third kappa shape index (κ3) is 2.29. The smallest absolute Gasteiger partial charge is 0.325 e. The van der Waals surface area contributed by atoms with Gasteiger partial charge >= 0.3 is 5.97 Å². The molecule has 4 nitrogen and oxygen atoms in total. The fourth-order valence-electron chi connectivity index (χ4n) is 3.92. The lowest BCUT2D eigenvalue weighted by Gasteiger charge is -2.39. The molecule has 19 heavy (non-hydrogen) atoms. The normalized spacial score (nSPS) is 37.3. The predicted octanol–water partition coefficient (Wildman–Crippen LogP) is 2.11. The first-order valence-corrected chi connectivity index (χ1v) is 7.36. The Morgan fingerprint density at radius 1 is 1.42 bits per heavy atom. The summed E-state index contributed by atoms with van der Waals surface area (Å²) < 4.78 is 10.9. The van der Waals surface area contributed by atoms with E-state index in [0.29, 0.717) is 12.0 Å². The highest BCUT2D eigenvalue weighted by atomic mass is 16.5. The Balaban J connectivity index is 1.90. The molecule has 2 aliphatic rings. The zero-order valence-corrected chi connectivity index (χ0v) is 12.6. The van der Waals surface area contributed by atoms with Crippen LogP contribution in [0.25, 0.3) is 0 Å². The van der Waals surface area contributed by atoms with E-state index < -0.39 is 6.04 Å². The first kappa shape index (κ1) is 14.8. The van der Waals surface area contributed by atoms with Crippen molar-refractivity contribution in [3.8, 4) is 0 Å². The van der Waals surface area contributed by atoms with Gasteiger partial charge in [0.1, 0.15) is 6.04 Å². The van der Waals surface area contributed by atoms with E-state index in [9.17, 15) is 4.79 Å². The highest BCUT2D eigenvalue weighted by Gasteiger charge is 2.61. The zero-order valence-electron chi connectivity index (χ0n) is 12.6. The van der Waals surface area contributed by atoms with Crippen molar-refractivity contribution in [2.24, 2.45) is 22.5 Å². The molecule has 0 aromatic rings. The molecule has 0 aliphatic heterocycles. The van der Waals surface area contributed by atoms with Gasteiger partial charge in [0.25, 0.3) is 0 Å². The van der Waals surface area contributed by atoms with E-state index in [1.54, 1.807) is 6.92 Å². The number of ether oxygens (including phenoxy) is 2. The summed E-state index contributed by atoms with van der Waals surface area (Å²) in [4.78, 5) is 11.5. The molecule has 2 aliphatic carbocycles. The molecule has 4 atom stereocenters. The first-order valence-electron chi connectivity index (χ1n) is 7.36. The van der Waals surface area contributed by atoms with Crippen LogP contribution < -0.4 is 5.73 Å². The van der Waals surface area contributed by atoms with Crippen LogP contribution in [0.3, 0.4) is 0 Å². The van der Waals surface area contributed by atoms with Gasteiger partial charge in [-0.15, -0.1) is 0 Å². The molecule has 2 N–H and O–H groups in total. The van der Waals surface area contributed by atoms with E-state index in [4.69, 9.17) is 15.2 Å². The minimum Gasteiger partial charge on any atom is -0.465 e. The van der Waals surface area contributed by atoms with Crippen molar-refractivity contribution in [1.82, 2.24) is 0 Å². The van der Waals surface area contributed by atoms with Crippen molar-refractivity contribution in [2.75, 3.05) is 13.2 Å². The Hall–Kier alpha value is -0.610. The summed E-state index contributed by atoms with van der Waals surface area (Å²) in [5.41, 5.74) is 6.33. The molecule has 0 amide bonds. The Bertz CT molecular complexity index is 355. The Labute approximate surface area is 116 Å². The number of esters is 1. The molecule has 0 spiro atoms. The van der Waals surface area contributed by atoms with E-state index in [1.165, 1.54) is 12.8 Å². The van der Waals surface area contributed by atoms with Crippen LogP contribution in [-0.2, 0) is 14.3 Å². The van der Waals surface area contributed by atoms with Crippen molar-refractivity contribution in [1.29, 1.82) is 0 Å². The molecule has 4 heteroatoms. The van der Waals surface area contributed by atoms with Gasteiger partial charge in [0.2, 0.25) is 0 Å². The largest absolute Gasteiger partial charge is 0.465 e. The van der Waals surface area contributed by atoms with Gasteiger partial charge in [-0.2, -0.15) is 0 Å². The van der Waals surface area contributed by atoms with E-state index in [-0.39, 0.29) is 24.1 Å². The average molecular weight is 269 g/mol. The van der Waals surface area contributed by atoms with Crippen LogP contribution in [0.1, 0.15) is 47.0 Å². The molecule has 0 aromatic heterocycles. The van der Waals surface area contributed by atoms with Crippen molar-refractivity contribution < 1.29 is 14.3 Å². The summed E-state index contributed by atoms with van der Waals surface area (Å²) in [5, 5.41) is 0. The summed E-state index contributed by atoms with van der Waals surface area (Å²) in [6, 6.07) is -0.661. The topological polar surface area (TPSA) is 61.5 Å². The second-order valence-corrected chi connectivity index (χ2v) is 6.79. The van der Waals surface area contributed by atoms with Gasteiger partial charge in [-0.25, -0.2) is 0 Å². The Kier molecular flexibility index (Phi) is 3.94. The third-order valence-electron chi connectivity index (χ3n) is 5.78. The summed E-state index contributed by atoms with van der Waals surface area (Å²) >= 11 is 0. The van der Waals surface area contributed by atoms with Crippen molar-refractivity contribution in [3.05, 3.63) is 0 Å². The summed E-state index contributed by atoms with van der Waals surface area (Å²) in [7, 11) is 0. The van der Waals surface area contributed by atoms with Gasteiger partial charge in [0, 0.05) is 0 Å². The van der Waals surface area contributed by atoms with E-state index >= 15 is 0 Å². The van der Waals surface area contributed by atoms with Crippen LogP contribution in [0.4, 0.5) is 0 Å². The monoisotopic (exact) mass is 269 g/mol. The maximum Gasteiger partial charge on any atom is 0.325 e. The molecule has 0 aromatic carbocycles. The van der Waals surface area contributed by atoms with Crippen LogP contribution in [-0.4, -0.2) is 31.3 Å². The Morgan fingerprint density at radius 3 is 2.58 bits per heavy atom. The summed E-state index contributed by atoms with van der Waals surface area (Å²) in [6.07, 6.45) is 3.83. The highest BCUT2D eigenvalue weighted by molar-refractivity contribution is 5.75. The Morgan fingerprint density at radius 2 is 2.11 bits per heavy atom. The molecule has 2 saturated carbocycles. The lowest BCUT2D eigenvalue weighted by Crippen LogP contribution is -2.42. The van der Waals surface area contributed by atoms with E-state index in [1.807, 2.05) is 0 Å². The SMILES string of the molecule is CCOC(=O)C(N)COC1CC2CCC1(C)C2(C)C. The van der Waals surface area contributed by atoms with Gasteiger partial charge < -0.3 is 15.2 Å². The molecular formula is C15H27NO3. The molecule has 0 saturated heterocycles. The molecule has 0 radical (unpaired) electrons. The van der Waals surface area contributed by atoms with E-state index in [2.05, 4.69) is 20.8 Å². The number of hydrogen-bond acceptors (Lipinski definition) is 4. The second-order valence-electron chi connectivity index (χ2n) is 6.79. The fraction of sp³-hybridized carbons (Fsp3) is 0.933. The van der Waals surface area contributed by atoms with Gasteiger partial charge in [0.05, 0.1) is 19.3 Å². The maximum absolute atomic E-state index is 11.5. The summed E-state index contributed by atoms with van der Waals surface area (Å²) in [5.74, 6) is 0.372. The van der Waals surface area contributed by atoms with Crippen LogP contribution >= 0.6 is 0 Å². The van der Waals surface area contributed by atoms with Gasteiger partial charge in [-0.3, -0.25) is 4.79 Å². The van der Waals surface area contributed by atoms with Gasteiger partial charge in [0.15, 0.2) is 0 Å². The second kappa shape index (κ2) is 5.06. The molecule has 2 fully saturated rings. The van der Waals surface area contributed by atoms with Crippen LogP contribution in [0.2, 0.25) is 0 Å². The van der Waals surface area contributed by atoms with Crippen molar-refractivity contribution in [2.45, 2.75) is 59.1 Å². The molecular weight excluding hydrogens is 242 g/mol. The number of carbonyl (C=O) groups excluding carboxylic acids is 1. The van der Waals surface area contributed by atoms with Gasteiger partial charge in [-0.05, 0) is 42.9 Å². The van der Waals surface area contributed by atoms with Gasteiger partial charge in [-0.1, -0.05) is 20.8 Å². The molecule has 110 valence electrons. The van der Waals surface area contributed by atoms with Crippen LogP contribution in [0, 0.1) is 16.7 Å². The van der Waals surface area contributed by atoms with Crippen LogP contribution in [0.15, 0.2) is 0 Å². The quantitative estimate of drug-likeness (QED) is 0.776. The third-order valence-corrected chi connectivity index (χ3v) is 5.78. The van der Waals surface area contributed by atoms with Crippen LogP contribution in [0.5, 0.6) is 0 Å². The number of rotatable bonds is 5. The predicted molar refractivity (Wildman–Crippen MR) is 73.6 cm³/mol. The highest BCUT2D eigenvalue weighted by Crippen LogP contribution is 2.66. The number of nitrogens with two attached hydrogens (primary N) is 1. The minimum atomic E-state index is -0.661. The summed E-state index contributed by atoms with van der Waals surface area (Å²) in [6.45, 7) is 9.43. The standard InChI is InChI=1S/C15H27NO3/c1-5-18-13(17)11(16)9-19-12-8-10-6-7-15(12,4)14(10,2)3/h10-12H,5-9,16H2,1-4H3. The average Bonchev–Trinajstić information content (AvgIpc) is 2.68. The van der Waals surface area contributed by atoms with Crippen molar-refractivity contribution >= 4 is 5.97 Å². The fourth-order valence-corrected chi connectivity index (χ4v) is 3.92. The molecule has 4 unspecified atom stereocenters. The number of carbonyl (C=O) groups is 1. The number of fused-ring (bicyclic) bond motifs is 2. The van der Waals surface area contributed by atoms with Crippen molar-refractivity contribution in [3.63, 3.8) is 0 Å². The van der Waals surface area contributed by atoms with E-state index in [0.717, 1.165) is 12.3 Å². The first-order chi connectivity index (χ1) is 8.83. The lowest BCUT2D eigenvalue weighted by atomic mass is 9.70. The lowest BCUT2D eigenvalue weighted by molar-refractivity contribution is -0.148. The molecule has 0 heterocycles. The zero-order chi connectivity index (χ0) is 14.3. The molecule has 2 bridgehead atoms. The molecule has 2 rings (SSSR count). The number of hydrogen-bond donors (Lipinski definition) is 1. The minimum absolute atomic E-state index is 0.214. The maximum atomic E-state index is 11.5.